The second-order valence-corrected chi connectivity index (χ2v) is 4.05. The highest BCUT2D eigenvalue weighted by atomic mass is 32.1. The lowest BCUT2D eigenvalue weighted by Gasteiger charge is -2.09. The number of carbonyl (C=O) groups is 1. The van der Waals surface area contributed by atoms with E-state index < -0.39 is 0 Å². The second-order valence-electron chi connectivity index (χ2n) is 3.54. The third kappa shape index (κ3) is 2.53. The van der Waals surface area contributed by atoms with Gasteiger partial charge in [0.2, 0.25) is 0 Å². The first-order valence-corrected chi connectivity index (χ1v) is 5.63. The number of methoxy groups -OCH3 is 1. The predicted octanol–water partition coefficient (Wildman–Crippen LogP) is 3.12. The first-order chi connectivity index (χ1) is 8.24. The largest absolute Gasteiger partial charge is 0.497 e. The summed E-state index contributed by atoms with van der Waals surface area (Å²) in [4.78, 5) is 10.5. The molecule has 0 saturated heterocycles. The minimum Gasteiger partial charge on any atom is -0.497 e. The van der Waals surface area contributed by atoms with Gasteiger partial charge in [0.1, 0.15) is 11.5 Å². The van der Waals surface area contributed by atoms with E-state index in [1.807, 2.05) is 24.3 Å². The fourth-order valence-corrected chi connectivity index (χ4v) is 1.85. The molecule has 1 atom stereocenters. The number of rotatable bonds is 4. The van der Waals surface area contributed by atoms with Gasteiger partial charge in [0, 0.05) is 0 Å². The summed E-state index contributed by atoms with van der Waals surface area (Å²) in [6, 6.07) is 11.0. The van der Waals surface area contributed by atoms with Gasteiger partial charge in [-0.1, -0.05) is 12.1 Å². The normalized spacial score (nSPS) is 12.1. The van der Waals surface area contributed by atoms with Crippen molar-refractivity contribution in [1.29, 1.82) is 0 Å². The van der Waals surface area contributed by atoms with Crippen molar-refractivity contribution in [3.05, 3.63) is 53.5 Å². The van der Waals surface area contributed by atoms with Crippen molar-refractivity contribution in [3.63, 3.8) is 0 Å². The Morgan fingerprint density at radius 1 is 1.35 bits per heavy atom. The minimum atomic E-state index is -0.209. The van der Waals surface area contributed by atoms with E-state index >= 15 is 0 Å². The van der Waals surface area contributed by atoms with Crippen LogP contribution in [0.1, 0.15) is 27.1 Å². The number of thiol groups is 1. The average Bonchev–Trinajstić information content (AvgIpc) is 2.86. The number of furan rings is 1. The van der Waals surface area contributed by atoms with E-state index in [4.69, 9.17) is 9.15 Å². The maximum Gasteiger partial charge on any atom is 0.185 e. The molecule has 2 aromatic rings. The van der Waals surface area contributed by atoms with Crippen LogP contribution in [0, 0.1) is 0 Å². The maximum absolute atomic E-state index is 10.5. The predicted molar refractivity (Wildman–Crippen MR) is 67.9 cm³/mol. The van der Waals surface area contributed by atoms with Crippen molar-refractivity contribution in [2.75, 3.05) is 7.11 Å². The third-order valence-corrected chi connectivity index (χ3v) is 3.00. The second kappa shape index (κ2) is 5.10. The topological polar surface area (TPSA) is 39.4 Å². The summed E-state index contributed by atoms with van der Waals surface area (Å²) in [7, 11) is 1.62. The van der Waals surface area contributed by atoms with E-state index in [1.165, 1.54) is 0 Å². The van der Waals surface area contributed by atoms with Crippen LogP contribution >= 0.6 is 12.6 Å². The van der Waals surface area contributed by atoms with Crippen LogP contribution in [0.15, 0.2) is 40.8 Å². The molecule has 1 heterocycles. The van der Waals surface area contributed by atoms with Crippen LogP contribution in [-0.2, 0) is 0 Å². The quantitative estimate of drug-likeness (QED) is 0.667. The molecule has 0 saturated carbocycles. The highest BCUT2D eigenvalue weighted by Gasteiger charge is 2.14. The molecule has 1 unspecified atom stereocenters. The zero-order chi connectivity index (χ0) is 12.3. The molecule has 0 N–H and O–H groups in total. The first-order valence-electron chi connectivity index (χ1n) is 5.11. The minimum absolute atomic E-state index is 0.209. The first kappa shape index (κ1) is 11.8. The number of benzene rings is 1. The molecule has 88 valence electrons. The van der Waals surface area contributed by atoms with E-state index in [0.717, 1.165) is 11.3 Å². The summed E-state index contributed by atoms with van der Waals surface area (Å²) in [6.45, 7) is 0. The zero-order valence-corrected chi connectivity index (χ0v) is 10.2. The molecular formula is C13H12O3S. The van der Waals surface area contributed by atoms with Crippen LogP contribution in [-0.4, -0.2) is 13.4 Å². The maximum atomic E-state index is 10.5. The summed E-state index contributed by atoms with van der Waals surface area (Å²) < 4.78 is 10.5. The van der Waals surface area contributed by atoms with Crippen LogP contribution in [0.2, 0.25) is 0 Å². The van der Waals surface area contributed by atoms with Crippen molar-refractivity contribution < 1.29 is 13.9 Å². The Balaban J connectivity index is 2.29. The van der Waals surface area contributed by atoms with Gasteiger partial charge in [0.25, 0.3) is 0 Å². The fourth-order valence-electron chi connectivity index (χ4n) is 1.55. The van der Waals surface area contributed by atoms with Crippen LogP contribution in [0.4, 0.5) is 0 Å². The highest BCUT2D eigenvalue weighted by molar-refractivity contribution is 7.80. The Morgan fingerprint density at radius 3 is 2.82 bits per heavy atom. The van der Waals surface area contributed by atoms with E-state index in [-0.39, 0.29) is 5.25 Å². The summed E-state index contributed by atoms with van der Waals surface area (Å²) >= 11 is 4.48. The molecule has 4 heteroatoms. The highest BCUT2D eigenvalue weighted by Crippen LogP contribution is 2.31. The Hall–Kier alpha value is -1.68. The van der Waals surface area contributed by atoms with Gasteiger partial charge in [-0.15, -0.1) is 0 Å². The number of aldehydes is 1. The van der Waals surface area contributed by atoms with E-state index in [2.05, 4.69) is 12.6 Å². The molecule has 0 bridgehead atoms. The SMILES string of the molecule is COc1cccc(C(S)c2ccc(C=O)o2)c1. The van der Waals surface area contributed by atoms with Gasteiger partial charge in [0.15, 0.2) is 12.0 Å². The van der Waals surface area contributed by atoms with Gasteiger partial charge in [0.05, 0.1) is 12.4 Å². The van der Waals surface area contributed by atoms with Crippen LogP contribution in [0.25, 0.3) is 0 Å². The van der Waals surface area contributed by atoms with E-state index in [1.54, 1.807) is 19.2 Å². The van der Waals surface area contributed by atoms with Crippen LogP contribution < -0.4 is 4.74 Å². The van der Waals surface area contributed by atoms with Crippen molar-refractivity contribution in [3.8, 4) is 5.75 Å². The fraction of sp³-hybridized carbons (Fsp3) is 0.154. The Labute approximate surface area is 105 Å². The molecule has 3 nitrogen and oxygen atoms in total. The van der Waals surface area contributed by atoms with Crippen molar-refractivity contribution in [2.24, 2.45) is 0 Å². The van der Waals surface area contributed by atoms with Gasteiger partial charge in [-0.3, -0.25) is 4.79 Å². The third-order valence-electron chi connectivity index (χ3n) is 2.44. The molecule has 17 heavy (non-hydrogen) atoms. The molecule has 0 spiro atoms. The zero-order valence-electron chi connectivity index (χ0n) is 9.29. The molecule has 0 amide bonds. The molecular weight excluding hydrogens is 236 g/mol. The molecule has 0 fully saturated rings. The smallest absolute Gasteiger partial charge is 0.185 e. The van der Waals surface area contributed by atoms with E-state index in [0.29, 0.717) is 17.8 Å². The van der Waals surface area contributed by atoms with Crippen molar-refractivity contribution in [2.45, 2.75) is 5.25 Å². The summed E-state index contributed by atoms with van der Waals surface area (Å²) in [5.74, 6) is 1.72. The average molecular weight is 248 g/mol. The summed E-state index contributed by atoms with van der Waals surface area (Å²) in [6.07, 6.45) is 0.676. The molecule has 0 radical (unpaired) electrons. The Kier molecular flexibility index (Phi) is 3.54. The van der Waals surface area contributed by atoms with Crippen molar-refractivity contribution in [1.82, 2.24) is 0 Å². The lowest BCUT2D eigenvalue weighted by atomic mass is 10.1. The van der Waals surface area contributed by atoms with Crippen LogP contribution in [0.3, 0.4) is 0 Å². The van der Waals surface area contributed by atoms with E-state index in [9.17, 15) is 4.79 Å². The molecule has 1 aromatic heterocycles. The van der Waals surface area contributed by atoms with Gasteiger partial charge in [-0.05, 0) is 29.8 Å². The van der Waals surface area contributed by atoms with Gasteiger partial charge in [-0.25, -0.2) is 0 Å². The number of ether oxygens (including phenoxy) is 1. The van der Waals surface area contributed by atoms with Gasteiger partial charge < -0.3 is 9.15 Å². The monoisotopic (exact) mass is 248 g/mol. The summed E-state index contributed by atoms with van der Waals surface area (Å²) in [5, 5.41) is -0.209. The number of hydrogen-bond donors (Lipinski definition) is 1. The standard InChI is InChI=1S/C13H12O3S/c1-15-10-4-2-3-9(7-10)13(17)12-6-5-11(8-14)16-12/h2-8,13,17H,1H3. The number of carbonyl (C=O) groups excluding carboxylic acids is 1. The van der Waals surface area contributed by atoms with Crippen LogP contribution in [0.5, 0.6) is 5.75 Å². The molecule has 0 aliphatic rings. The molecule has 0 aliphatic heterocycles. The number of hydrogen-bond acceptors (Lipinski definition) is 4. The van der Waals surface area contributed by atoms with Gasteiger partial charge >= 0.3 is 0 Å². The van der Waals surface area contributed by atoms with Gasteiger partial charge in [-0.2, -0.15) is 12.6 Å². The lowest BCUT2D eigenvalue weighted by molar-refractivity contribution is 0.109. The van der Waals surface area contributed by atoms with Crippen molar-refractivity contribution >= 4 is 18.9 Å². The molecule has 0 aliphatic carbocycles. The molecule has 1 aromatic carbocycles. The summed E-state index contributed by atoms with van der Waals surface area (Å²) in [5.41, 5.74) is 0.958. The Bertz CT molecular complexity index is 519. The lowest BCUT2D eigenvalue weighted by Crippen LogP contribution is -1.92. The molecule has 2 rings (SSSR count). The Morgan fingerprint density at radius 2 is 2.18 bits per heavy atom.